The Kier molecular flexibility index (Phi) is 4.66. The highest BCUT2D eigenvalue weighted by Crippen LogP contribution is 2.19. The molecule has 3 nitrogen and oxygen atoms in total. The fourth-order valence-corrected chi connectivity index (χ4v) is 1.76. The van der Waals surface area contributed by atoms with Gasteiger partial charge in [-0.15, -0.1) is 0 Å². The highest BCUT2D eigenvalue weighted by Gasteiger charge is 2.26. The Bertz CT molecular complexity index is 213. The predicted octanol–water partition coefficient (Wildman–Crippen LogP) is 1.62. The van der Waals surface area contributed by atoms with E-state index in [9.17, 15) is 4.79 Å². The van der Waals surface area contributed by atoms with Crippen molar-refractivity contribution in [3.05, 3.63) is 12.2 Å². The summed E-state index contributed by atoms with van der Waals surface area (Å²) >= 11 is 0. The first-order chi connectivity index (χ1) is 6.75. The van der Waals surface area contributed by atoms with Crippen LogP contribution in [0.1, 0.15) is 32.6 Å². The molecule has 0 aromatic heterocycles. The summed E-state index contributed by atoms with van der Waals surface area (Å²) in [6, 6.07) is -0.0426. The molecule has 0 aromatic carbocycles. The van der Waals surface area contributed by atoms with E-state index in [0.29, 0.717) is 6.61 Å². The van der Waals surface area contributed by atoms with Gasteiger partial charge >= 0.3 is 5.97 Å². The van der Waals surface area contributed by atoms with E-state index >= 15 is 0 Å². The maximum atomic E-state index is 11.5. The molecule has 0 amide bonds. The fourth-order valence-electron chi connectivity index (χ4n) is 1.76. The third kappa shape index (κ3) is 3.14. The van der Waals surface area contributed by atoms with Crippen molar-refractivity contribution in [1.29, 1.82) is 0 Å². The van der Waals surface area contributed by atoms with Crippen LogP contribution >= 0.6 is 0 Å². The summed E-state index contributed by atoms with van der Waals surface area (Å²) in [6.07, 6.45) is 7.85. The monoisotopic (exact) mass is 197 g/mol. The Morgan fingerprint density at radius 3 is 2.71 bits per heavy atom. The van der Waals surface area contributed by atoms with Gasteiger partial charge in [0.2, 0.25) is 0 Å². The van der Waals surface area contributed by atoms with E-state index in [4.69, 9.17) is 10.5 Å². The number of carbonyl (C=O) groups excluding carboxylic acids is 1. The maximum absolute atomic E-state index is 11.5. The predicted molar refractivity (Wildman–Crippen MR) is 55.7 cm³/mol. The van der Waals surface area contributed by atoms with Gasteiger partial charge in [0, 0.05) is 6.04 Å². The summed E-state index contributed by atoms with van der Waals surface area (Å²) < 4.78 is 5.01. The molecule has 0 unspecified atom stereocenters. The topological polar surface area (TPSA) is 52.3 Å². The van der Waals surface area contributed by atoms with Crippen molar-refractivity contribution >= 4 is 5.97 Å². The smallest absolute Gasteiger partial charge is 0.310 e. The lowest BCUT2D eigenvalue weighted by molar-refractivity contribution is -0.149. The van der Waals surface area contributed by atoms with Crippen molar-refractivity contribution in [3.8, 4) is 0 Å². The van der Waals surface area contributed by atoms with Crippen LogP contribution in [0.25, 0.3) is 0 Å². The quantitative estimate of drug-likeness (QED) is 0.540. The van der Waals surface area contributed by atoms with Gasteiger partial charge in [0.05, 0.1) is 12.5 Å². The molecule has 14 heavy (non-hydrogen) atoms. The Hall–Kier alpha value is -0.830. The number of rotatable bonds is 2. The highest BCUT2D eigenvalue weighted by atomic mass is 16.5. The first-order valence-electron chi connectivity index (χ1n) is 5.33. The zero-order valence-corrected chi connectivity index (χ0v) is 8.74. The molecule has 0 saturated heterocycles. The van der Waals surface area contributed by atoms with Crippen LogP contribution in [0, 0.1) is 5.92 Å². The average molecular weight is 197 g/mol. The van der Waals surface area contributed by atoms with Gasteiger partial charge in [0.15, 0.2) is 0 Å². The van der Waals surface area contributed by atoms with E-state index in [2.05, 4.69) is 12.2 Å². The van der Waals surface area contributed by atoms with Gasteiger partial charge in [0.1, 0.15) is 0 Å². The lowest BCUT2D eigenvalue weighted by Gasteiger charge is -2.22. The molecule has 0 fully saturated rings. The normalized spacial score (nSPS) is 27.9. The van der Waals surface area contributed by atoms with Crippen LogP contribution in [-0.4, -0.2) is 18.6 Å². The molecule has 2 atom stereocenters. The van der Waals surface area contributed by atoms with Crippen molar-refractivity contribution < 1.29 is 9.53 Å². The van der Waals surface area contributed by atoms with Gasteiger partial charge in [-0.2, -0.15) is 0 Å². The molecule has 2 N–H and O–H groups in total. The lowest BCUT2D eigenvalue weighted by Crippen LogP contribution is -2.37. The molecule has 80 valence electrons. The number of allylic oxidation sites excluding steroid dienone is 2. The Labute approximate surface area is 85.3 Å². The van der Waals surface area contributed by atoms with Crippen LogP contribution < -0.4 is 5.73 Å². The summed E-state index contributed by atoms with van der Waals surface area (Å²) in [4.78, 5) is 11.5. The van der Waals surface area contributed by atoms with E-state index in [0.717, 1.165) is 25.7 Å². The fraction of sp³-hybridized carbons (Fsp3) is 0.727. The minimum absolute atomic E-state index is 0.0426. The summed E-state index contributed by atoms with van der Waals surface area (Å²) in [5.41, 5.74) is 5.94. The van der Waals surface area contributed by atoms with E-state index in [-0.39, 0.29) is 17.9 Å². The average Bonchev–Trinajstić information content (AvgIpc) is 2.12. The summed E-state index contributed by atoms with van der Waals surface area (Å²) in [6.45, 7) is 2.27. The minimum atomic E-state index is -0.129. The summed E-state index contributed by atoms with van der Waals surface area (Å²) in [5, 5.41) is 0. The van der Waals surface area contributed by atoms with E-state index < -0.39 is 0 Å². The van der Waals surface area contributed by atoms with Crippen LogP contribution in [0.15, 0.2) is 12.2 Å². The summed E-state index contributed by atoms with van der Waals surface area (Å²) in [5.74, 6) is -0.241. The van der Waals surface area contributed by atoms with Crippen LogP contribution in [-0.2, 0) is 9.53 Å². The molecule has 0 heterocycles. The van der Waals surface area contributed by atoms with E-state index in [1.54, 1.807) is 0 Å². The van der Waals surface area contributed by atoms with Gasteiger partial charge in [-0.25, -0.2) is 0 Å². The number of esters is 1. The van der Waals surface area contributed by atoms with Crippen LogP contribution in [0.2, 0.25) is 0 Å². The Morgan fingerprint density at radius 2 is 2.07 bits per heavy atom. The zero-order chi connectivity index (χ0) is 10.4. The standard InChI is InChI=1S/C11H19NO2/c1-2-14-11(13)9-7-5-3-4-6-8-10(9)12/h3-4,9-10H,2,5-8,12H2,1H3/t9-,10+/m0/s1. The molecular formula is C11H19NO2. The third-order valence-electron chi connectivity index (χ3n) is 2.58. The van der Waals surface area contributed by atoms with Crippen molar-refractivity contribution in [2.24, 2.45) is 11.7 Å². The van der Waals surface area contributed by atoms with E-state index in [1.165, 1.54) is 0 Å². The molecule has 0 radical (unpaired) electrons. The van der Waals surface area contributed by atoms with Gasteiger partial charge < -0.3 is 10.5 Å². The molecule has 1 aliphatic rings. The van der Waals surface area contributed by atoms with Gasteiger partial charge in [-0.3, -0.25) is 4.79 Å². The maximum Gasteiger partial charge on any atom is 0.310 e. The molecule has 1 aliphatic carbocycles. The first kappa shape index (κ1) is 11.2. The zero-order valence-electron chi connectivity index (χ0n) is 8.74. The summed E-state index contributed by atoms with van der Waals surface area (Å²) in [7, 11) is 0. The largest absolute Gasteiger partial charge is 0.466 e. The van der Waals surface area contributed by atoms with Gasteiger partial charge in [-0.05, 0) is 32.6 Å². The number of hydrogen-bond donors (Lipinski definition) is 1. The molecule has 0 aliphatic heterocycles. The van der Waals surface area contributed by atoms with Crippen LogP contribution in [0.5, 0.6) is 0 Å². The molecule has 0 spiro atoms. The second-order valence-corrected chi connectivity index (χ2v) is 3.65. The molecule has 0 aromatic rings. The Morgan fingerprint density at radius 1 is 1.43 bits per heavy atom. The van der Waals surface area contributed by atoms with E-state index in [1.807, 2.05) is 6.92 Å². The molecular weight excluding hydrogens is 178 g/mol. The third-order valence-corrected chi connectivity index (χ3v) is 2.58. The number of nitrogens with two attached hydrogens (primary N) is 1. The molecule has 1 rings (SSSR count). The highest BCUT2D eigenvalue weighted by molar-refractivity contribution is 5.73. The number of carbonyl (C=O) groups is 1. The second kappa shape index (κ2) is 5.81. The Balaban J connectivity index is 2.54. The lowest BCUT2D eigenvalue weighted by atomic mass is 9.90. The molecule has 0 saturated carbocycles. The van der Waals surface area contributed by atoms with Crippen molar-refractivity contribution in [2.45, 2.75) is 38.6 Å². The van der Waals surface area contributed by atoms with Crippen molar-refractivity contribution in [1.82, 2.24) is 0 Å². The molecule has 3 heteroatoms. The van der Waals surface area contributed by atoms with Gasteiger partial charge in [-0.1, -0.05) is 12.2 Å². The SMILES string of the molecule is CCOC(=O)[C@H]1CCC=CCC[C@H]1N. The van der Waals surface area contributed by atoms with Crippen molar-refractivity contribution in [2.75, 3.05) is 6.61 Å². The van der Waals surface area contributed by atoms with Crippen LogP contribution in [0.4, 0.5) is 0 Å². The van der Waals surface area contributed by atoms with Crippen molar-refractivity contribution in [3.63, 3.8) is 0 Å². The molecule has 0 bridgehead atoms. The van der Waals surface area contributed by atoms with Crippen LogP contribution in [0.3, 0.4) is 0 Å². The minimum Gasteiger partial charge on any atom is -0.466 e. The number of ether oxygens (including phenoxy) is 1. The number of hydrogen-bond acceptors (Lipinski definition) is 3. The second-order valence-electron chi connectivity index (χ2n) is 3.65. The first-order valence-corrected chi connectivity index (χ1v) is 5.33. The van der Waals surface area contributed by atoms with Gasteiger partial charge in [0.25, 0.3) is 0 Å².